The number of hydrogen-bond donors (Lipinski definition) is 3. The lowest BCUT2D eigenvalue weighted by Crippen LogP contribution is -2.53. The first-order valence-corrected chi connectivity index (χ1v) is 7.15. The fourth-order valence-electron chi connectivity index (χ4n) is 2.68. The molecule has 19 heavy (non-hydrogen) atoms. The van der Waals surface area contributed by atoms with Crippen LogP contribution in [-0.4, -0.2) is 23.0 Å². The zero-order valence-corrected chi connectivity index (χ0v) is 12.4. The van der Waals surface area contributed by atoms with E-state index in [0.717, 1.165) is 12.8 Å². The SMILES string of the molecule is CCC(C)(C(=O)NC1CCCC(C)C1C)C(N)=NO. The minimum absolute atomic E-state index is 0.0241. The van der Waals surface area contributed by atoms with Crippen LogP contribution < -0.4 is 11.1 Å². The van der Waals surface area contributed by atoms with E-state index >= 15 is 0 Å². The number of carbonyl (C=O) groups excluding carboxylic acids is 1. The van der Waals surface area contributed by atoms with E-state index < -0.39 is 5.41 Å². The Morgan fingerprint density at radius 1 is 1.47 bits per heavy atom. The number of rotatable bonds is 4. The van der Waals surface area contributed by atoms with Crippen LogP contribution in [0, 0.1) is 17.3 Å². The molecule has 1 saturated carbocycles. The quantitative estimate of drug-likeness (QED) is 0.316. The number of hydrogen-bond acceptors (Lipinski definition) is 3. The number of nitrogens with one attached hydrogen (secondary N) is 1. The van der Waals surface area contributed by atoms with Gasteiger partial charge in [-0.1, -0.05) is 38.8 Å². The third kappa shape index (κ3) is 3.19. The maximum Gasteiger partial charge on any atom is 0.233 e. The molecule has 5 nitrogen and oxygen atoms in total. The minimum Gasteiger partial charge on any atom is -0.409 e. The summed E-state index contributed by atoms with van der Waals surface area (Å²) in [5, 5.41) is 14.9. The summed E-state index contributed by atoms with van der Waals surface area (Å²) in [7, 11) is 0. The molecule has 5 heteroatoms. The molecular formula is C14H27N3O2. The van der Waals surface area contributed by atoms with Gasteiger partial charge in [-0.3, -0.25) is 4.79 Å². The van der Waals surface area contributed by atoms with Crippen molar-refractivity contribution in [1.29, 1.82) is 0 Å². The lowest BCUT2D eigenvalue weighted by atomic mass is 9.77. The molecule has 1 fully saturated rings. The van der Waals surface area contributed by atoms with Gasteiger partial charge in [0.25, 0.3) is 0 Å². The van der Waals surface area contributed by atoms with Crippen LogP contribution in [-0.2, 0) is 4.79 Å². The molecule has 1 amide bonds. The summed E-state index contributed by atoms with van der Waals surface area (Å²) < 4.78 is 0. The molecule has 0 aliphatic heterocycles. The van der Waals surface area contributed by atoms with Crippen molar-refractivity contribution in [2.75, 3.05) is 0 Å². The Balaban J connectivity index is 2.78. The van der Waals surface area contributed by atoms with Gasteiger partial charge in [0.15, 0.2) is 5.84 Å². The molecule has 0 saturated heterocycles. The first kappa shape index (κ1) is 15.8. The van der Waals surface area contributed by atoms with Crippen molar-refractivity contribution in [3.8, 4) is 0 Å². The van der Waals surface area contributed by atoms with Gasteiger partial charge in [0.2, 0.25) is 5.91 Å². The van der Waals surface area contributed by atoms with Crippen LogP contribution >= 0.6 is 0 Å². The van der Waals surface area contributed by atoms with Crippen LogP contribution in [0.5, 0.6) is 0 Å². The summed E-state index contributed by atoms with van der Waals surface area (Å²) in [6.07, 6.45) is 3.88. The van der Waals surface area contributed by atoms with Gasteiger partial charge in [-0.25, -0.2) is 0 Å². The molecule has 0 spiro atoms. The first-order valence-electron chi connectivity index (χ1n) is 7.15. The molecule has 0 radical (unpaired) electrons. The smallest absolute Gasteiger partial charge is 0.233 e. The maximum absolute atomic E-state index is 12.4. The molecule has 1 aliphatic carbocycles. The Morgan fingerprint density at radius 2 is 2.11 bits per heavy atom. The van der Waals surface area contributed by atoms with E-state index in [2.05, 4.69) is 24.3 Å². The van der Waals surface area contributed by atoms with Crippen molar-refractivity contribution >= 4 is 11.7 Å². The van der Waals surface area contributed by atoms with E-state index in [9.17, 15) is 4.79 Å². The third-order valence-electron chi connectivity index (χ3n) is 4.90. The lowest BCUT2D eigenvalue weighted by Gasteiger charge is -2.37. The van der Waals surface area contributed by atoms with Crippen LogP contribution in [0.25, 0.3) is 0 Å². The van der Waals surface area contributed by atoms with Crippen molar-refractivity contribution in [2.24, 2.45) is 28.1 Å². The van der Waals surface area contributed by atoms with Crippen molar-refractivity contribution in [3.63, 3.8) is 0 Å². The predicted octanol–water partition coefficient (Wildman–Crippen LogP) is 2.09. The molecule has 1 rings (SSSR count). The topological polar surface area (TPSA) is 87.7 Å². The summed E-state index contributed by atoms with van der Waals surface area (Å²) in [5.74, 6) is 0.919. The molecule has 4 unspecified atom stereocenters. The molecule has 0 aromatic carbocycles. The van der Waals surface area contributed by atoms with Gasteiger partial charge in [-0.2, -0.15) is 0 Å². The number of carbonyl (C=O) groups is 1. The number of oxime groups is 1. The van der Waals surface area contributed by atoms with E-state index in [1.807, 2.05) is 6.92 Å². The van der Waals surface area contributed by atoms with Crippen LogP contribution in [0.2, 0.25) is 0 Å². The summed E-state index contributed by atoms with van der Waals surface area (Å²) in [4.78, 5) is 12.4. The van der Waals surface area contributed by atoms with E-state index in [1.54, 1.807) is 6.92 Å². The fraction of sp³-hybridized carbons (Fsp3) is 0.857. The highest BCUT2D eigenvalue weighted by Crippen LogP contribution is 2.31. The Morgan fingerprint density at radius 3 is 2.63 bits per heavy atom. The summed E-state index contributed by atoms with van der Waals surface area (Å²) in [6, 6.07) is 0.189. The maximum atomic E-state index is 12.4. The van der Waals surface area contributed by atoms with Gasteiger partial charge in [0.05, 0.1) is 0 Å². The third-order valence-corrected chi connectivity index (χ3v) is 4.90. The molecule has 4 atom stereocenters. The number of amidine groups is 1. The molecule has 0 heterocycles. The normalized spacial score (nSPS) is 31.6. The molecule has 0 aromatic heterocycles. The van der Waals surface area contributed by atoms with Crippen molar-refractivity contribution in [3.05, 3.63) is 0 Å². The zero-order chi connectivity index (χ0) is 14.6. The second-order valence-corrected chi connectivity index (χ2v) is 6.02. The Labute approximate surface area is 115 Å². The van der Waals surface area contributed by atoms with E-state index in [0.29, 0.717) is 18.3 Å². The highest BCUT2D eigenvalue weighted by Gasteiger charge is 2.39. The highest BCUT2D eigenvalue weighted by molar-refractivity contribution is 6.06. The summed E-state index contributed by atoms with van der Waals surface area (Å²) >= 11 is 0. The van der Waals surface area contributed by atoms with Gasteiger partial charge in [-0.15, -0.1) is 0 Å². The van der Waals surface area contributed by atoms with E-state index in [4.69, 9.17) is 10.9 Å². The van der Waals surface area contributed by atoms with Crippen LogP contribution in [0.15, 0.2) is 5.16 Å². The molecule has 110 valence electrons. The Hall–Kier alpha value is -1.26. The van der Waals surface area contributed by atoms with E-state index in [-0.39, 0.29) is 17.8 Å². The lowest BCUT2D eigenvalue weighted by molar-refractivity contribution is -0.128. The molecule has 0 aromatic rings. The van der Waals surface area contributed by atoms with Gasteiger partial charge < -0.3 is 16.3 Å². The standard InChI is InChI=1S/C14H27N3O2/c1-5-14(4,12(15)17-19)13(18)16-11-8-6-7-9(2)10(11)3/h9-11,19H,5-8H2,1-4H3,(H2,15,17)(H,16,18). The average Bonchev–Trinajstić information content (AvgIpc) is 2.41. The number of nitrogens with two attached hydrogens (primary N) is 1. The highest BCUT2D eigenvalue weighted by atomic mass is 16.4. The van der Waals surface area contributed by atoms with E-state index in [1.165, 1.54) is 6.42 Å². The van der Waals surface area contributed by atoms with Crippen LogP contribution in [0.3, 0.4) is 0 Å². The van der Waals surface area contributed by atoms with Gasteiger partial charge >= 0.3 is 0 Å². The summed E-state index contributed by atoms with van der Waals surface area (Å²) in [5.41, 5.74) is 4.73. The fourth-order valence-corrected chi connectivity index (χ4v) is 2.68. The van der Waals surface area contributed by atoms with Crippen LogP contribution in [0.1, 0.15) is 53.4 Å². The molecule has 4 N–H and O–H groups in total. The largest absolute Gasteiger partial charge is 0.409 e. The molecule has 1 aliphatic rings. The first-order chi connectivity index (χ1) is 8.86. The van der Waals surface area contributed by atoms with Gasteiger partial charge in [0.1, 0.15) is 5.41 Å². The monoisotopic (exact) mass is 269 g/mol. The summed E-state index contributed by atoms with van der Waals surface area (Å²) in [6.45, 7) is 7.99. The zero-order valence-electron chi connectivity index (χ0n) is 12.4. The predicted molar refractivity (Wildman–Crippen MR) is 75.9 cm³/mol. The Kier molecular flexibility index (Phi) is 5.20. The van der Waals surface area contributed by atoms with Crippen LogP contribution in [0.4, 0.5) is 0 Å². The second-order valence-electron chi connectivity index (χ2n) is 6.02. The Bertz CT molecular complexity index is 357. The van der Waals surface area contributed by atoms with Gasteiger partial charge in [-0.05, 0) is 31.6 Å². The van der Waals surface area contributed by atoms with Crippen molar-refractivity contribution < 1.29 is 10.0 Å². The minimum atomic E-state index is -0.935. The van der Waals surface area contributed by atoms with Gasteiger partial charge in [0, 0.05) is 6.04 Å². The molecular weight excluding hydrogens is 242 g/mol. The van der Waals surface area contributed by atoms with Crippen molar-refractivity contribution in [2.45, 2.75) is 59.4 Å². The number of nitrogens with zero attached hydrogens (tertiary/aromatic N) is 1. The second kappa shape index (κ2) is 6.26. The molecule has 0 bridgehead atoms. The average molecular weight is 269 g/mol. The number of amides is 1. The van der Waals surface area contributed by atoms with Crippen molar-refractivity contribution in [1.82, 2.24) is 5.32 Å².